The Labute approximate surface area is 183 Å². The summed E-state index contributed by atoms with van der Waals surface area (Å²) in [6.45, 7) is 5.05. The molecule has 8 heteroatoms. The maximum atomic E-state index is 12.4. The maximum Gasteiger partial charge on any atom is 0.300 e. The van der Waals surface area contributed by atoms with E-state index >= 15 is 0 Å². The summed E-state index contributed by atoms with van der Waals surface area (Å²) in [5.41, 5.74) is 2.67. The van der Waals surface area contributed by atoms with Gasteiger partial charge in [-0.2, -0.15) is 10.1 Å². The minimum Gasteiger partial charge on any atom is -0.492 e. The topological polar surface area (TPSA) is 69.0 Å². The number of morpholine rings is 1. The molecular formula is C23H22N4O3S. The highest BCUT2D eigenvalue weighted by atomic mass is 32.1. The van der Waals surface area contributed by atoms with Crippen molar-refractivity contribution in [1.29, 1.82) is 0 Å². The van der Waals surface area contributed by atoms with Gasteiger partial charge in [-0.05, 0) is 24.3 Å². The van der Waals surface area contributed by atoms with Crippen LogP contribution in [0.15, 0.2) is 64.8 Å². The predicted molar refractivity (Wildman–Crippen MR) is 121 cm³/mol. The molecular weight excluding hydrogens is 412 g/mol. The summed E-state index contributed by atoms with van der Waals surface area (Å²) in [5.74, 6) is 0.833. The first-order valence-electron chi connectivity index (χ1n) is 10.3. The Balaban J connectivity index is 1.35. The van der Waals surface area contributed by atoms with Gasteiger partial charge in [0, 0.05) is 36.1 Å². The lowest BCUT2D eigenvalue weighted by Crippen LogP contribution is -2.38. The van der Waals surface area contributed by atoms with Crippen molar-refractivity contribution in [2.75, 3.05) is 39.5 Å². The van der Waals surface area contributed by atoms with Crippen LogP contribution in [0.25, 0.3) is 27.5 Å². The summed E-state index contributed by atoms with van der Waals surface area (Å²) < 4.78 is 13.0. The zero-order chi connectivity index (χ0) is 21.0. The molecule has 0 unspecified atom stereocenters. The molecule has 0 aliphatic carbocycles. The van der Waals surface area contributed by atoms with Gasteiger partial charge < -0.3 is 9.47 Å². The van der Waals surface area contributed by atoms with Gasteiger partial charge in [0.15, 0.2) is 5.69 Å². The van der Waals surface area contributed by atoms with Crippen molar-refractivity contribution in [3.63, 3.8) is 0 Å². The third-order valence-corrected chi connectivity index (χ3v) is 6.08. The first-order chi connectivity index (χ1) is 15.3. The van der Waals surface area contributed by atoms with Crippen molar-refractivity contribution in [1.82, 2.24) is 19.5 Å². The first-order valence-corrected chi connectivity index (χ1v) is 11.1. The van der Waals surface area contributed by atoms with Crippen molar-refractivity contribution in [3.8, 4) is 28.3 Å². The predicted octanol–water partition coefficient (Wildman–Crippen LogP) is 3.20. The number of benzene rings is 2. The largest absolute Gasteiger partial charge is 0.492 e. The Kier molecular flexibility index (Phi) is 5.75. The van der Waals surface area contributed by atoms with E-state index in [4.69, 9.17) is 9.47 Å². The molecule has 0 spiro atoms. The van der Waals surface area contributed by atoms with E-state index in [1.165, 1.54) is 11.3 Å². The molecule has 7 nitrogen and oxygen atoms in total. The molecule has 2 aromatic heterocycles. The van der Waals surface area contributed by atoms with E-state index in [2.05, 4.69) is 15.0 Å². The molecule has 1 aliphatic rings. The summed E-state index contributed by atoms with van der Waals surface area (Å²) in [5, 5.41) is 6.58. The monoisotopic (exact) mass is 434 g/mol. The third-order valence-electron chi connectivity index (χ3n) is 5.26. The molecule has 0 saturated carbocycles. The number of thiazole rings is 1. The van der Waals surface area contributed by atoms with Crippen LogP contribution in [0.5, 0.6) is 5.75 Å². The summed E-state index contributed by atoms with van der Waals surface area (Å²) in [4.78, 5) is 19.6. The van der Waals surface area contributed by atoms with Gasteiger partial charge in [0.2, 0.25) is 4.96 Å². The lowest BCUT2D eigenvalue weighted by Gasteiger charge is -2.26. The van der Waals surface area contributed by atoms with Gasteiger partial charge in [0.25, 0.3) is 0 Å². The standard InChI is InChI=1S/C23H22N4O3S/c28-22-21(18-4-2-1-3-5-18)25-27-20(16-31-23(27)24-22)17-6-8-19(9-7-17)30-15-12-26-10-13-29-14-11-26/h1-9,16H,10-15H2. The third kappa shape index (κ3) is 4.36. The van der Waals surface area contributed by atoms with Crippen LogP contribution in [0.2, 0.25) is 0 Å². The van der Waals surface area contributed by atoms with Crippen LogP contribution in [0.3, 0.4) is 0 Å². The van der Waals surface area contributed by atoms with E-state index in [1.54, 1.807) is 4.52 Å². The zero-order valence-electron chi connectivity index (χ0n) is 16.9. The first kappa shape index (κ1) is 19.9. The number of nitrogens with zero attached hydrogens (tertiary/aromatic N) is 4. The molecule has 0 atom stereocenters. The molecule has 4 aromatic rings. The van der Waals surface area contributed by atoms with Gasteiger partial charge in [-0.15, -0.1) is 11.3 Å². The van der Waals surface area contributed by atoms with Crippen molar-refractivity contribution in [2.24, 2.45) is 0 Å². The second-order valence-corrected chi connectivity index (χ2v) is 8.11. The van der Waals surface area contributed by atoms with Crippen molar-refractivity contribution in [2.45, 2.75) is 0 Å². The fraction of sp³-hybridized carbons (Fsp3) is 0.261. The zero-order valence-corrected chi connectivity index (χ0v) is 17.8. The number of fused-ring (bicyclic) bond motifs is 1. The molecule has 5 rings (SSSR count). The lowest BCUT2D eigenvalue weighted by molar-refractivity contribution is 0.0322. The van der Waals surface area contributed by atoms with Gasteiger partial charge in [0.1, 0.15) is 12.4 Å². The van der Waals surface area contributed by atoms with Gasteiger partial charge in [-0.1, -0.05) is 30.3 Å². The second kappa shape index (κ2) is 8.97. The Morgan fingerprint density at radius 2 is 1.77 bits per heavy atom. The van der Waals surface area contributed by atoms with Crippen molar-refractivity contribution < 1.29 is 9.47 Å². The number of hydrogen-bond donors (Lipinski definition) is 0. The number of rotatable bonds is 6. The van der Waals surface area contributed by atoms with E-state index in [0.29, 0.717) is 17.3 Å². The highest BCUT2D eigenvalue weighted by Crippen LogP contribution is 2.26. The fourth-order valence-electron chi connectivity index (χ4n) is 3.57. The molecule has 0 bridgehead atoms. The van der Waals surface area contributed by atoms with Crippen molar-refractivity contribution in [3.05, 3.63) is 70.3 Å². The lowest BCUT2D eigenvalue weighted by atomic mass is 10.1. The number of aromatic nitrogens is 3. The molecule has 0 amide bonds. The van der Waals surface area contributed by atoms with E-state index in [9.17, 15) is 4.79 Å². The summed E-state index contributed by atoms with van der Waals surface area (Å²) in [7, 11) is 0. The average molecular weight is 435 g/mol. The minimum absolute atomic E-state index is 0.316. The summed E-state index contributed by atoms with van der Waals surface area (Å²) >= 11 is 1.40. The van der Waals surface area contributed by atoms with E-state index in [-0.39, 0.29) is 5.56 Å². The molecule has 1 saturated heterocycles. The Bertz CT molecular complexity index is 1220. The fourth-order valence-corrected chi connectivity index (χ4v) is 4.40. The van der Waals surface area contributed by atoms with Crippen LogP contribution < -0.4 is 10.3 Å². The molecule has 1 fully saturated rings. The summed E-state index contributed by atoms with van der Waals surface area (Å²) in [6, 6.07) is 17.4. The maximum absolute atomic E-state index is 12.4. The molecule has 0 radical (unpaired) electrons. The Morgan fingerprint density at radius 3 is 2.55 bits per heavy atom. The average Bonchev–Trinajstić information content (AvgIpc) is 3.23. The van der Waals surface area contributed by atoms with Crippen LogP contribution in [0, 0.1) is 0 Å². The Hall–Kier alpha value is -3.07. The van der Waals surface area contributed by atoms with Crippen LogP contribution >= 0.6 is 11.3 Å². The van der Waals surface area contributed by atoms with Gasteiger partial charge >= 0.3 is 5.56 Å². The van der Waals surface area contributed by atoms with Crippen LogP contribution in [-0.4, -0.2) is 59.0 Å². The summed E-state index contributed by atoms with van der Waals surface area (Å²) in [6.07, 6.45) is 0. The molecule has 3 heterocycles. The van der Waals surface area contributed by atoms with Crippen LogP contribution in [0.4, 0.5) is 0 Å². The Morgan fingerprint density at radius 1 is 1.00 bits per heavy atom. The van der Waals surface area contributed by atoms with Crippen LogP contribution in [-0.2, 0) is 4.74 Å². The SMILES string of the molecule is O=c1nc2scc(-c3ccc(OCCN4CCOCC4)cc3)n2nc1-c1ccccc1. The van der Waals surface area contributed by atoms with E-state index < -0.39 is 0 Å². The molecule has 31 heavy (non-hydrogen) atoms. The highest BCUT2D eigenvalue weighted by Gasteiger charge is 2.14. The smallest absolute Gasteiger partial charge is 0.300 e. The molecule has 158 valence electrons. The minimum atomic E-state index is -0.316. The highest BCUT2D eigenvalue weighted by molar-refractivity contribution is 7.15. The van der Waals surface area contributed by atoms with Crippen molar-refractivity contribution >= 4 is 16.3 Å². The molecule has 1 aliphatic heterocycles. The quantitative estimate of drug-likeness (QED) is 0.464. The van der Waals surface area contributed by atoms with Gasteiger partial charge in [-0.3, -0.25) is 9.69 Å². The van der Waals surface area contributed by atoms with Gasteiger partial charge in [-0.25, -0.2) is 4.52 Å². The molecule has 2 aromatic carbocycles. The van der Waals surface area contributed by atoms with E-state index in [0.717, 1.165) is 55.4 Å². The number of ether oxygens (including phenoxy) is 2. The molecule has 0 N–H and O–H groups in total. The normalized spacial score (nSPS) is 14.7. The number of hydrogen-bond acceptors (Lipinski definition) is 7. The van der Waals surface area contributed by atoms with Gasteiger partial charge in [0.05, 0.1) is 18.9 Å². The van der Waals surface area contributed by atoms with E-state index in [1.807, 2.05) is 60.0 Å². The second-order valence-electron chi connectivity index (χ2n) is 7.27. The van der Waals surface area contributed by atoms with Crippen LogP contribution in [0.1, 0.15) is 0 Å².